The molecule has 0 aliphatic heterocycles. The molecule has 0 bridgehead atoms. The maximum atomic E-state index is 14.0. The summed E-state index contributed by atoms with van der Waals surface area (Å²) in [4.78, 5) is 14.0. The van der Waals surface area contributed by atoms with Crippen molar-refractivity contribution in [2.75, 3.05) is 0 Å². The Bertz CT molecular complexity index is 1280. The molecule has 0 aromatic heterocycles. The van der Waals surface area contributed by atoms with Gasteiger partial charge in [-0.1, -0.05) is 0 Å². The Balaban J connectivity index is 0.00000253. The van der Waals surface area contributed by atoms with Gasteiger partial charge in [0.25, 0.3) is 0 Å². The van der Waals surface area contributed by atoms with Gasteiger partial charge in [-0.15, -0.1) is 0 Å². The summed E-state index contributed by atoms with van der Waals surface area (Å²) < 4.78 is 5.39. The van der Waals surface area contributed by atoms with E-state index in [1.165, 1.54) is 32.7 Å². The van der Waals surface area contributed by atoms with E-state index in [0.29, 0.717) is 5.92 Å². The Morgan fingerprint density at radius 3 is 1.76 bits per heavy atom. The summed E-state index contributed by atoms with van der Waals surface area (Å²) in [6.45, 7) is 15.8. The predicted octanol–water partition coefficient (Wildman–Crippen LogP) is 0.0534. The van der Waals surface area contributed by atoms with Gasteiger partial charge in [-0.2, -0.15) is 0 Å². The van der Waals surface area contributed by atoms with Gasteiger partial charge < -0.3 is 24.8 Å². The average Bonchev–Trinajstić information content (AvgIpc) is 3.06. The summed E-state index contributed by atoms with van der Waals surface area (Å²) in [5.41, 5.74) is 6.28. The quantitative estimate of drug-likeness (QED) is 0.358. The van der Waals surface area contributed by atoms with Crippen LogP contribution in [-0.2, 0) is 26.3 Å². The van der Waals surface area contributed by atoms with E-state index in [2.05, 4.69) is 125 Å². The van der Waals surface area contributed by atoms with Crippen LogP contribution in [-0.4, -0.2) is 11.9 Å². The van der Waals surface area contributed by atoms with E-state index in [-0.39, 0.29) is 36.1 Å². The van der Waals surface area contributed by atoms with Crippen molar-refractivity contribution in [2.45, 2.75) is 53.9 Å². The zero-order chi connectivity index (χ0) is 26.0. The van der Waals surface area contributed by atoms with Gasteiger partial charge in [0.15, 0.2) is 0 Å². The first-order valence-electron chi connectivity index (χ1n) is 12.9. The molecule has 1 N–H and O–H groups in total. The van der Waals surface area contributed by atoms with Crippen molar-refractivity contribution in [2.24, 2.45) is 5.92 Å². The van der Waals surface area contributed by atoms with Crippen LogP contribution in [0.2, 0.25) is 0 Å². The molecule has 0 spiro atoms. The fourth-order valence-corrected chi connectivity index (χ4v) is 35.5. The van der Waals surface area contributed by atoms with Crippen LogP contribution in [0.5, 0.6) is 0 Å². The maximum absolute atomic E-state index is 14.0. The Hall–Kier alpha value is -1.72. The van der Waals surface area contributed by atoms with E-state index in [0.717, 1.165) is 5.56 Å². The van der Waals surface area contributed by atoms with Crippen LogP contribution in [0.4, 0.5) is 0 Å². The van der Waals surface area contributed by atoms with Crippen molar-refractivity contribution >= 4 is 22.3 Å². The molecular weight excluding hydrogens is 692 g/mol. The van der Waals surface area contributed by atoms with E-state index >= 15 is 0 Å². The van der Waals surface area contributed by atoms with Crippen molar-refractivity contribution < 1.29 is 50.5 Å². The standard InChI is InChI=1S/C12H11Si.C11H15NO.C9H13.2ClH.Hf/c1-3-7-11(8-4-1)13-12-9-5-2-6-10-12;1-11(2,3)9-6-4-5-8(7-9)10(12)13;1-6-5-7(2)9(4)8(6)3;;;/h1-10,13H;4-7H,1-3H3,(H2,12,13);6H,1-4H3;2*1H;/q;;;;;+3/p-3. The fraction of sp³-hybridized carbons (Fsp3) is 0.281. The number of carbonyl (C=O) groups is 1. The monoisotopic (exact) mass is 730 g/mol. The number of halogens is 2. The van der Waals surface area contributed by atoms with Gasteiger partial charge in [0, 0.05) is 0 Å². The second-order valence-electron chi connectivity index (χ2n) is 11.0. The third-order valence-electron chi connectivity index (χ3n) is 7.72. The molecule has 0 saturated heterocycles. The number of hydrogen-bond acceptors (Lipinski definition) is 1. The Kier molecular flexibility index (Phi) is 11.6. The first kappa shape index (κ1) is 32.5. The number of benzene rings is 3. The molecular formula is C32H38Cl2HfNOSi. The predicted molar refractivity (Wildman–Crippen MR) is 152 cm³/mol. The van der Waals surface area contributed by atoms with Gasteiger partial charge in [-0.3, -0.25) is 0 Å². The SMILES string of the molecule is CC1=C(C)C(C)[C]([Hf+2]([NH]C(=O)c2cccc(C(C)(C)C)c2)[SiH](c2ccccc2)c2ccccc2)=C1C.[Cl-].[Cl-]. The molecule has 4 rings (SSSR count). The van der Waals surface area contributed by atoms with E-state index in [9.17, 15) is 4.79 Å². The van der Waals surface area contributed by atoms with Crippen LogP contribution in [0.25, 0.3) is 0 Å². The van der Waals surface area contributed by atoms with Crippen molar-refractivity contribution in [1.29, 1.82) is 0 Å². The first-order valence-corrected chi connectivity index (χ1v) is 24.4. The zero-order valence-corrected chi connectivity index (χ0v) is 29.7. The minimum absolute atomic E-state index is 0. The minimum Gasteiger partial charge on any atom is -1.00 e. The van der Waals surface area contributed by atoms with Crippen molar-refractivity contribution in [1.82, 2.24) is 3.30 Å². The smallest absolute Gasteiger partial charge is 1.00 e. The number of carbonyl (C=O) groups excluding carboxylic acids is 1. The number of amides is 1. The number of rotatable bonds is 6. The van der Waals surface area contributed by atoms with Gasteiger partial charge in [-0.25, -0.2) is 0 Å². The van der Waals surface area contributed by atoms with Crippen LogP contribution in [0.1, 0.15) is 64.4 Å². The van der Waals surface area contributed by atoms with Crippen LogP contribution in [0, 0.1) is 5.92 Å². The molecule has 0 fully saturated rings. The third-order valence-corrected chi connectivity index (χ3v) is 34.3. The van der Waals surface area contributed by atoms with Crippen LogP contribution in [0.15, 0.2) is 105 Å². The summed E-state index contributed by atoms with van der Waals surface area (Å²) in [5.74, 6) is -1.18. The van der Waals surface area contributed by atoms with Crippen molar-refractivity contribution in [3.63, 3.8) is 0 Å². The molecule has 1 aliphatic rings. The van der Waals surface area contributed by atoms with Gasteiger partial charge in [0.2, 0.25) is 0 Å². The molecule has 199 valence electrons. The molecule has 1 amide bonds. The maximum Gasteiger partial charge on any atom is -1.00 e. The van der Waals surface area contributed by atoms with Gasteiger partial charge >= 0.3 is 227 Å². The Morgan fingerprint density at radius 1 is 0.789 bits per heavy atom. The molecule has 6 heteroatoms. The molecule has 1 unspecified atom stereocenters. The van der Waals surface area contributed by atoms with Crippen LogP contribution in [0.3, 0.4) is 0 Å². The van der Waals surface area contributed by atoms with Gasteiger partial charge in [0.1, 0.15) is 0 Å². The molecule has 3 aromatic rings. The average molecular weight is 730 g/mol. The summed E-state index contributed by atoms with van der Waals surface area (Å²) in [6.07, 6.45) is 0. The molecule has 0 radical (unpaired) electrons. The van der Waals surface area contributed by atoms with Crippen LogP contribution >= 0.6 is 0 Å². The third kappa shape index (κ3) is 6.88. The Labute approximate surface area is 250 Å². The van der Waals surface area contributed by atoms with E-state index in [4.69, 9.17) is 0 Å². The zero-order valence-electron chi connectivity index (χ0n) is 23.4. The molecule has 1 atom stereocenters. The molecule has 3 aromatic carbocycles. The Morgan fingerprint density at radius 2 is 1.32 bits per heavy atom. The van der Waals surface area contributed by atoms with Gasteiger partial charge in [0.05, 0.1) is 0 Å². The van der Waals surface area contributed by atoms with E-state index < -0.39 is 26.9 Å². The topological polar surface area (TPSA) is 29.1 Å². The van der Waals surface area contributed by atoms with E-state index in [1.807, 2.05) is 12.1 Å². The van der Waals surface area contributed by atoms with Crippen molar-refractivity contribution in [3.8, 4) is 0 Å². The number of allylic oxidation sites excluding steroid dienone is 4. The second-order valence-corrected chi connectivity index (χ2v) is 30.0. The summed E-state index contributed by atoms with van der Waals surface area (Å²) >= 11 is -2.98. The largest absolute Gasteiger partial charge is 1.00 e. The normalized spacial score (nSPS) is 15.2. The van der Waals surface area contributed by atoms with Crippen LogP contribution < -0.4 is 38.5 Å². The first-order chi connectivity index (χ1) is 17.1. The summed E-state index contributed by atoms with van der Waals surface area (Å²) in [6, 6.07) is 30.2. The van der Waals surface area contributed by atoms with Crippen molar-refractivity contribution in [3.05, 3.63) is 116 Å². The number of hydrogen-bond donors (Lipinski definition) is 1. The number of nitrogens with one attached hydrogen (secondary N) is 1. The second kappa shape index (κ2) is 13.6. The summed E-state index contributed by atoms with van der Waals surface area (Å²) in [5, 5.41) is 2.87. The molecule has 0 saturated carbocycles. The molecule has 1 aliphatic carbocycles. The van der Waals surface area contributed by atoms with E-state index in [1.54, 1.807) is 3.33 Å². The van der Waals surface area contributed by atoms with Gasteiger partial charge in [-0.05, 0) is 0 Å². The fourth-order valence-electron chi connectivity index (χ4n) is 5.23. The molecule has 38 heavy (non-hydrogen) atoms. The molecule has 0 heterocycles. The molecule has 2 nitrogen and oxygen atoms in total. The summed E-state index contributed by atoms with van der Waals surface area (Å²) in [7, 11) is 0. The minimum atomic E-state index is -2.98.